The highest BCUT2D eigenvalue weighted by molar-refractivity contribution is 6.53. The van der Waals surface area contributed by atoms with Crippen molar-refractivity contribution in [2.45, 2.75) is 74.7 Å². The molecule has 136 valence electrons. The molecule has 3 fully saturated rings. The van der Waals surface area contributed by atoms with Gasteiger partial charge in [-0.25, -0.2) is 4.79 Å². The fraction of sp³-hybridized carbons (Fsp3) is 0.882. The molecule has 2 aliphatic carbocycles. The zero-order valence-corrected chi connectivity index (χ0v) is 15.8. The van der Waals surface area contributed by atoms with Crippen molar-refractivity contribution >= 4 is 35.1 Å². The van der Waals surface area contributed by atoms with E-state index in [0.717, 1.165) is 25.7 Å². The lowest BCUT2D eigenvalue weighted by atomic mass is 9.95. The Kier molecular flexibility index (Phi) is 5.22. The van der Waals surface area contributed by atoms with E-state index in [1.807, 2.05) is 4.90 Å². The Bertz CT molecular complexity index is 500. The van der Waals surface area contributed by atoms with E-state index in [0.29, 0.717) is 25.6 Å². The number of carbonyl (C=O) groups excluding carboxylic acids is 2. The highest BCUT2D eigenvalue weighted by Crippen LogP contribution is 2.63. The summed E-state index contributed by atoms with van der Waals surface area (Å²) < 4.78 is -0.933. The number of urea groups is 1. The predicted octanol–water partition coefficient (Wildman–Crippen LogP) is 3.19. The first-order valence-corrected chi connectivity index (χ1v) is 9.82. The van der Waals surface area contributed by atoms with Gasteiger partial charge in [0.2, 0.25) is 5.91 Å². The normalized spacial score (nSPS) is 30.7. The van der Waals surface area contributed by atoms with Gasteiger partial charge in [-0.05, 0) is 39.0 Å². The summed E-state index contributed by atoms with van der Waals surface area (Å²) in [5.74, 6) is -0.0717. The van der Waals surface area contributed by atoms with E-state index in [9.17, 15) is 9.59 Å². The predicted molar refractivity (Wildman–Crippen MR) is 95.3 cm³/mol. The van der Waals surface area contributed by atoms with Gasteiger partial charge in [-0.15, -0.1) is 23.2 Å². The number of hydrogen-bond acceptors (Lipinski definition) is 2. The monoisotopic (exact) mass is 375 g/mol. The van der Waals surface area contributed by atoms with Crippen molar-refractivity contribution < 1.29 is 9.59 Å². The molecule has 0 radical (unpaired) electrons. The molecule has 1 saturated heterocycles. The topological polar surface area (TPSA) is 61.4 Å². The van der Waals surface area contributed by atoms with Gasteiger partial charge >= 0.3 is 6.03 Å². The smallest absolute Gasteiger partial charge is 0.317 e. The maximum Gasteiger partial charge on any atom is 0.317 e. The SMILES string of the molecule is C[C@@]1(C(=O)NC2CCN(C(=O)NC3CCCCC3)CC2)CC1(Cl)Cl. The highest BCUT2D eigenvalue weighted by atomic mass is 35.5. The van der Waals surface area contributed by atoms with Gasteiger partial charge in [0.1, 0.15) is 4.33 Å². The lowest BCUT2D eigenvalue weighted by Gasteiger charge is -2.34. The first-order valence-electron chi connectivity index (χ1n) is 9.06. The molecule has 0 aromatic rings. The second-order valence-electron chi connectivity index (χ2n) is 7.73. The molecule has 1 aliphatic heterocycles. The number of amides is 3. The number of rotatable bonds is 3. The molecule has 3 amide bonds. The Labute approximate surface area is 153 Å². The summed E-state index contributed by atoms with van der Waals surface area (Å²) in [6, 6.07) is 0.471. The largest absolute Gasteiger partial charge is 0.353 e. The van der Waals surface area contributed by atoms with Gasteiger partial charge < -0.3 is 15.5 Å². The zero-order chi connectivity index (χ0) is 17.4. The van der Waals surface area contributed by atoms with E-state index < -0.39 is 9.75 Å². The van der Waals surface area contributed by atoms with Crippen LogP contribution in [0.3, 0.4) is 0 Å². The van der Waals surface area contributed by atoms with E-state index in [1.165, 1.54) is 19.3 Å². The molecule has 2 N–H and O–H groups in total. The fourth-order valence-corrected chi connectivity index (χ4v) is 4.44. The van der Waals surface area contributed by atoms with Gasteiger partial charge in [0, 0.05) is 25.2 Å². The van der Waals surface area contributed by atoms with Crippen molar-refractivity contribution in [3.05, 3.63) is 0 Å². The summed E-state index contributed by atoms with van der Waals surface area (Å²) >= 11 is 12.1. The second-order valence-corrected chi connectivity index (χ2v) is 9.22. The number of piperidine rings is 1. The minimum Gasteiger partial charge on any atom is -0.353 e. The molecule has 0 unspecified atom stereocenters. The molecule has 7 heteroatoms. The first kappa shape index (κ1) is 18.1. The quantitative estimate of drug-likeness (QED) is 0.744. The van der Waals surface area contributed by atoms with Crippen LogP contribution < -0.4 is 10.6 Å². The van der Waals surface area contributed by atoms with Crippen molar-refractivity contribution in [1.29, 1.82) is 0 Å². The fourth-order valence-electron chi connectivity index (χ4n) is 3.73. The highest BCUT2D eigenvalue weighted by Gasteiger charge is 2.68. The summed E-state index contributed by atoms with van der Waals surface area (Å²) in [4.78, 5) is 26.5. The molecule has 1 heterocycles. The molecule has 3 rings (SSSR count). The second kappa shape index (κ2) is 6.91. The average Bonchev–Trinajstić information content (AvgIpc) is 3.08. The lowest BCUT2D eigenvalue weighted by Crippen LogP contribution is -2.52. The molecule has 0 aromatic carbocycles. The molecule has 24 heavy (non-hydrogen) atoms. The van der Waals surface area contributed by atoms with Gasteiger partial charge in [-0.3, -0.25) is 4.79 Å². The van der Waals surface area contributed by atoms with Crippen LogP contribution in [0.15, 0.2) is 0 Å². The molecule has 3 aliphatic rings. The Balaban J connectivity index is 1.41. The molecule has 0 spiro atoms. The number of likely N-dealkylation sites (tertiary alicyclic amines) is 1. The number of nitrogens with one attached hydrogen (secondary N) is 2. The van der Waals surface area contributed by atoms with Crippen LogP contribution in [0.2, 0.25) is 0 Å². The van der Waals surface area contributed by atoms with Gasteiger partial charge in [-0.1, -0.05) is 19.3 Å². The molecule has 2 saturated carbocycles. The maximum atomic E-state index is 12.3. The maximum absolute atomic E-state index is 12.3. The van der Waals surface area contributed by atoms with E-state index in [1.54, 1.807) is 6.92 Å². The third kappa shape index (κ3) is 3.77. The van der Waals surface area contributed by atoms with Crippen LogP contribution in [-0.2, 0) is 4.79 Å². The van der Waals surface area contributed by atoms with Crippen molar-refractivity contribution in [3.8, 4) is 0 Å². The molecular formula is C17H27Cl2N3O2. The van der Waals surface area contributed by atoms with E-state index in [-0.39, 0.29) is 18.0 Å². The molecular weight excluding hydrogens is 349 g/mol. The third-order valence-corrected chi connectivity index (χ3v) is 6.91. The average molecular weight is 376 g/mol. The van der Waals surface area contributed by atoms with Crippen molar-refractivity contribution in [1.82, 2.24) is 15.5 Å². The number of hydrogen-bond donors (Lipinski definition) is 2. The third-order valence-electron chi connectivity index (χ3n) is 5.81. The van der Waals surface area contributed by atoms with E-state index >= 15 is 0 Å². The van der Waals surface area contributed by atoms with Crippen LogP contribution in [-0.4, -0.2) is 46.3 Å². The molecule has 0 bridgehead atoms. The summed E-state index contributed by atoms with van der Waals surface area (Å²) in [5.41, 5.74) is -0.675. The number of halogens is 2. The van der Waals surface area contributed by atoms with Gasteiger partial charge in [0.05, 0.1) is 5.41 Å². The number of nitrogens with zero attached hydrogens (tertiary/aromatic N) is 1. The van der Waals surface area contributed by atoms with Gasteiger partial charge in [-0.2, -0.15) is 0 Å². The van der Waals surface area contributed by atoms with Crippen LogP contribution >= 0.6 is 23.2 Å². The van der Waals surface area contributed by atoms with Crippen LogP contribution in [0.5, 0.6) is 0 Å². The Hall–Kier alpha value is -0.680. The zero-order valence-electron chi connectivity index (χ0n) is 14.2. The summed E-state index contributed by atoms with van der Waals surface area (Å²) in [5, 5.41) is 6.21. The van der Waals surface area contributed by atoms with Gasteiger partial charge in [0.25, 0.3) is 0 Å². The van der Waals surface area contributed by atoms with Crippen molar-refractivity contribution in [2.24, 2.45) is 5.41 Å². The van der Waals surface area contributed by atoms with Crippen LogP contribution in [0.1, 0.15) is 58.3 Å². The Morgan fingerprint density at radius 1 is 0.958 bits per heavy atom. The van der Waals surface area contributed by atoms with Crippen LogP contribution in [0.25, 0.3) is 0 Å². The first-order chi connectivity index (χ1) is 11.3. The van der Waals surface area contributed by atoms with Gasteiger partial charge in [0.15, 0.2) is 0 Å². The summed E-state index contributed by atoms with van der Waals surface area (Å²) in [6.07, 6.45) is 7.93. The minimum atomic E-state index is -0.933. The van der Waals surface area contributed by atoms with Crippen molar-refractivity contribution in [3.63, 3.8) is 0 Å². The lowest BCUT2D eigenvalue weighted by molar-refractivity contribution is -0.126. The van der Waals surface area contributed by atoms with Crippen LogP contribution in [0, 0.1) is 5.41 Å². The Morgan fingerprint density at radius 2 is 1.50 bits per heavy atom. The van der Waals surface area contributed by atoms with Crippen molar-refractivity contribution in [2.75, 3.05) is 13.1 Å². The minimum absolute atomic E-state index is 0.0429. The number of alkyl halides is 2. The summed E-state index contributed by atoms with van der Waals surface area (Å²) in [7, 11) is 0. The molecule has 0 aromatic heterocycles. The van der Waals surface area contributed by atoms with E-state index in [2.05, 4.69) is 10.6 Å². The standard InChI is InChI=1S/C17H27Cl2N3O2/c1-16(11-17(16,18)19)14(23)20-13-7-9-22(10-8-13)15(24)21-12-5-3-2-4-6-12/h12-13H,2-11H2,1H3,(H,20,23)(H,21,24)/t16-/m0/s1. The molecule has 5 nitrogen and oxygen atoms in total. The van der Waals surface area contributed by atoms with Crippen LogP contribution in [0.4, 0.5) is 4.79 Å². The molecule has 1 atom stereocenters. The van der Waals surface area contributed by atoms with E-state index in [4.69, 9.17) is 23.2 Å². The summed E-state index contributed by atoms with van der Waals surface area (Å²) in [6.45, 7) is 3.15. The Morgan fingerprint density at radius 3 is 2.04 bits per heavy atom. The number of carbonyl (C=O) groups is 2.